The lowest BCUT2D eigenvalue weighted by atomic mass is 10.1. The number of thioether (sulfide) groups is 1. The van der Waals surface area contributed by atoms with Crippen molar-refractivity contribution in [2.45, 2.75) is 23.5 Å². The molecule has 0 N–H and O–H groups in total. The fourth-order valence-corrected chi connectivity index (χ4v) is 4.40. The summed E-state index contributed by atoms with van der Waals surface area (Å²) in [5, 5.41) is 5.85. The lowest BCUT2D eigenvalue weighted by molar-refractivity contribution is 0.0981. The fraction of sp³-hybridized carbons (Fsp3) is 0.250. The Labute approximate surface area is 155 Å². The predicted molar refractivity (Wildman–Crippen MR) is 105 cm³/mol. The number of anilines is 1. The Kier molecular flexibility index (Phi) is 4.28. The van der Waals surface area contributed by atoms with Crippen molar-refractivity contribution in [3.8, 4) is 0 Å². The zero-order valence-corrected chi connectivity index (χ0v) is 15.5. The molecule has 0 unspecified atom stereocenters. The molecule has 2 aromatic carbocycles. The summed E-state index contributed by atoms with van der Waals surface area (Å²) in [7, 11) is 1.58. The van der Waals surface area contributed by atoms with Crippen LogP contribution in [0.2, 0.25) is 0 Å². The third-order valence-corrected chi connectivity index (χ3v) is 5.88. The minimum absolute atomic E-state index is 0.168. The topological polar surface area (TPSA) is 55.2 Å². The maximum atomic E-state index is 13.4. The molecule has 132 valence electrons. The second-order valence-electron chi connectivity index (χ2n) is 6.46. The first-order valence-corrected chi connectivity index (χ1v) is 9.48. The van der Waals surface area contributed by atoms with Gasteiger partial charge < -0.3 is 4.90 Å². The van der Waals surface area contributed by atoms with E-state index < -0.39 is 0 Å². The summed E-state index contributed by atoms with van der Waals surface area (Å²) >= 11 is 1.79. The molecule has 1 aromatic heterocycles. The maximum absolute atomic E-state index is 13.4. The van der Waals surface area contributed by atoms with Crippen LogP contribution in [0.5, 0.6) is 0 Å². The Morgan fingerprint density at radius 3 is 2.62 bits per heavy atom. The highest BCUT2D eigenvalue weighted by atomic mass is 32.2. The van der Waals surface area contributed by atoms with Crippen molar-refractivity contribution in [2.24, 2.45) is 7.05 Å². The number of hydrogen-bond acceptors (Lipinski definition) is 4. The number of rotatable bonds is 1. The van der Waals surface area contributed by atoms with Gasteiger partial charge >= 0.3 is 0 Å². The SMILES string of the molecule is C[C@H]1CCN(C(=O)c2nn(C)c(=O)c3ccccc23)c2ccccc2S1. The molecule has 1 amide bonds. The zero-order chi connectivity index (χ0) is 18.3. The van der Waals surface area contributed by atoms with Crippen LogP contribution < -0.4 is 10.5 Å². The molecule has 0 saturated heterocycles. The van der Waals surface area contributed by atoms with Crippen molar-refractivity contribution in [3.05, 3.63) is 64.6 Å². The fourth-order valence-electron chi connectivity index (χ4n) is 3.28. The van der Waals surface area contributed by atoms with Crippen LogP contribution in [0.25, 0.3) is 10.8 Å². The summed E-state index contributed by atoms with van der Waals surface area (Å²) in [5.41, 5.74) is 1.03. The summed E-state index contributed by atoms with van der Waals surface area (Å²) in [6, 6.07) is 15.1. The van der Waals surface area contributed by atoms with E-state index in [1.54, 1.807) is 41.9 Å². The largest absolute Gasteiger partial charge is 0.306 e. The molecule has 2 heterocycles. The van der Waals surface area contributed by atoms with E-state index in [2.05, 4.69) is 12.0 Å². The van der Waals surface area contributed by atoms with Gasteiger partial charge in [-0.1, -0.05) is 37.3 Å². The van der Waals surface area contributed by atoms with Crippen molar-refractivity contribution in [1.29, 1.82) is 0 Å². The summed E-state index contributed by atoms with van der Waals surface area (Å²) in [4.78, 5) is 28.7. The Hall–Kier alpha value is -2.60. The number of amides is 1. The third-order valence-electron chi connectivity index (χ3n) is 4.65. The number of para-hydroxylation sites is 1. The smallest absolute Gasteiger partial charge is 0.279 e. The van der Waals surface area contributed by atoms with Crippen LogP contribution in [0.1, 0.15) is 23.8 Å². The van der Waals surface area contributed by atoms with Crippen LogP contribution >= 0.6 is 11.8 Å². The van der Waals surface area contributed by atoms with E-state index in [4.69, 9.17) is 0 Å². The highest BCUT2D eigenvalue weighted by Crippen LogP contribution is 2.38. The maximum Gasteiger partial charge on any atom is 0.279 e. The molecule has 0 radical (unpaired) electrons. The van der Waals surface area contributed by atoms with Crippen molar-refractivity contribution >= 4 is 34.1 Å². The van der Waals surface area contributed by atoms with Crippen LogP contribution in [0, 0.1) is 0 Å². The first kappa shape index (κ1) is 16.8. The first-order valence-electron chi connectivity index (χ1n) is 8.60. The first-order chi connectivity index (χ1) is 12.6. The van der Waals surface area contributed by atoms with E-state index in [-0.39, 0.29) is 11.5 Å². The number of aromatic nitrogens is 2. The number of fused-ring (bicyclic) bond motifs is 2. The van der Waals surface area contributed by atoms with Gasteiger partial charge in [-0.05, 0) is 24.6 Å². The highest BCUT2D eigenvalue weighted by Gasteiger charge is 2.27. The Balaban J connectivity index is 1.88. The molecular weight excluding hydrogens is 346 g/mol. The molecule has 0 bridgehead atoms. The van der Waals surface area contributed by atoms with E-state index in [1.807, 2.05) is 30.3 Å². The van der Waals surface area contributed by atoms with Crippen LogP contribution in [-0.2, 0) is 7.05 Å². The summed E-state index contributed by atoms with van der Waals surface area (Å²) in [6.45, 7) is 2.80. The lowest BCUT2D eigenvalue weighted by Gasteiger charge is -2.22. The Morgan fingerprint density at radius 2 is 1.81 bits per heavy atom. The van der Waals surface area contributed by atoms with Crippen molar-refractivity contribution < 1.29 is 4.79 Å². The third kappa shape index (κ3) is 2.80. The molecule has 0 aliphatic carbocycles. The van der Waals surface area contributed by atoms with Crippen molar-refractivity contribution in [3.63, 3.8) is 0 Å². The van der Waals surface area contributed by atoms with Crippen molar-refractivity contribution in [1.82, 2.24) is 9.78 Å². The molecule has 0 fully saturated rings. The monoisotopic (exact) mass is 365 g/mol. The molecule has 6 heteroatoms. The van der Waals surface area contributed by atoms with Gasteiger partial charge in [0.1, 0.15) is 0 Å². The zero-order valence-electron chi connectivity index (χ0n) is 14.7. The molecule has 5 nitrogen and oxygen atoms in total. The number of aryl methyl sites for hydroxylation is 1. The minimum Gasteiger partial charge on any atom is -0.306 e. The van der Waals surface area contributed by atoms with Gasteiger partial charge in [0.15, 0.2) is 5.69 Å². The van der Waals surface area contributed by atoms with Gasteiger partial charge in [0.25, 0.3) is 11.5 Å². The number of hydrogen-bond donors (Lipinski definition) is 0. The van der Waals surface area contributed by atoms with Crippen LogP contribution in [0.4, 0.5) is 5.69 Å². The number of carbonyl (C=O) groups is 1. The summed E-state index contributed by atoms with van der Waals surface area (Å²) in [5.74, 6) is -0.168. The van der Waals surface area contributed by atoms with Gasteiger partial charge in [-0.25, -0.2) is 4.68 Å². The van der Waals surface area contributed by atoms with Gasteiger partial charge in [0.05, 0.1) is 11.1 Å². The highest BCUT2D eigenvalue weighted by molar-refractivity contribution is 8.00. The van der Waals surface area contributed by atoms with Crippen LogP contribution in [-0.4, -0.2) is 27.5 Å². The quantitative estimate of drug-likeness (QED) is 0.663. The average molecular weight is 365 g/mol. The van der Waals surface area contributed by atoms with E-state index in [0.717, 1.165) is 17.0 Å². The van der Waals surface area contributed by atoms with Crippen LogP contribution in [0.15, 0.2) is 58.2 Å². The lowest BCUT2D eigenvalue weighted by Crippen LogP contribution is -2.35. The minimum atomic E-state index is -0.197. The standard InChI is InChI=1S/C20H19N3O2S/c1-13-11-12-23(16-9-5-6-10-17(16)26-13)20(25)18-14-7-3-4-8-15(14)19(24)22(2)21-18/h3-10,13H,11-12H2,1-2H3/t13-/m0/s1. The number of benzene rings is 2. The molecule has 1 atom stereocenters. The average Bonchev–Trinajstić information content (AvgIpc) is 2.82. The van der Waals surface area contributed by atoms with Gasteiger partial charge in [-0.2, -0.15) is 5.10 Å². The normalized spacial score (nSPS) is 17.0. The van der Waals surface area contributed by atoms with E-state index in [9.17, 15) is 9.59 Å². The van der Waals surface area contributed by atoms with Gasteiger partial charge in [-0.3, -0.25) is 9.59 Å². The second kappa shape index (κ2) is 6.61. The molecule has 0 saturated carbocycles. The van der Waals surface area contributed by atoms with Crippen LogP contribution in [0.3, 0.4) is 0 Å². The number of carbonyl (C=O) groups excluding carboxylic acids is 1. The van der Waals surface area contributed by atoms with E-state index >= 15 is 0 Å². The van der Waals surface area contributed by atoms with Gasteiger partial charge in [0.2, 0.25) is 0 Å². The Bertz CT molecular complexity index is 1060. The van der Waals surface area contributed by atoms with E-state index in [1.165, 1.54) is 4.68 Å². The molecule has 1 aliphatic heterocycles. The predicted octanol–water partition coefficient (Wildman–Crippen LogP) is 3.46. The Morgan fingerprint density at radius 1 is 1.12 bits per heavy atom. The van der Waals surface area contributed by atoms with Crippen molar-refractivity contribution in [2.75, 3.05) is 11.4 Å². The molecule has 26 heavy (non-hydrogen) atoms. The molecule has 3 aromatic rings. The molecule has 1 aliphatic rings. The second-order valence-corrected chi connectivity index (χ2v) is 7.94. The van der Waals surface area contributed by atoms with E-state index in [0.29, 0.717) is 28.3 Å². The number of nitrogens with zero attached hydrogens (tertiary/aromatic N) is 3. The molecule has 0 spiro atoms. The van der Waals surface area contributed by atoms with Gasteiger partial charge in [0, 0.05) is 29.1 Å². The summed E-state index contributed by atoms with van der Waals surface area (Å²) in [6.07, 6.45) is 0.898. The summed E-state index contributed by atoms with van der Waals surface area (Å²) < 4.78 is 1.25. The molecule has 4 rings (SSSR count). The molecular formula is C20H19N3O2S. The van der Waals surface area contributed by atoms with Gasteiger partial charge in [-0.15, -0.1) is 11.8 Å².